The second-order valence-electron chi connectivity index (χ2n) is 6.40. The maximum Gasteiger partial charge on any atom is 0.255 e. The summed E-state index contributed by atoms with van der Waals surface area (Å²) in [6, 6.07) is 7.87. The molecule has 6 nitrogen and oxygen atoms in total. The van der Waals surface area contributed by atoms with Crippen molar-refractivity contribution in [2.24, 2.45) is 5.73 Å². The van der Waals surface area contributed by atoms with Crippen LogP contribution in [-0.2, 0) is 6.54 Å². The second-order valence-corrected chi connectivity index (χ2v) is 6.40. The number of benzene rings is 2. The predicted octanol–water partition coefficient (Wildman–Crippen LogP) is 2.98. The number of carbonyl (C=O) groups is 1. The molecule has 3 aromatic rings. The summed E-state index contributed by atoms with van der Waals surface area (Å²) in [7, 11) is 0. The first kappa shape index (κ1) is 18.8. The monoisotopic (exact) mass is 370 g/mol. The number of carbonyl (C=O) groups excluding carboxylic acids is 1. The minimum absolute atomic E-state index is 0.148. The van der Waals surface area contributed by atoms with Crippen LogP contribution in [0.1, 0.15) is 33.7 Å². The summed E-state index contributed by atoms with van der Waals surface area (Å²) in [5.74, 6) is 0.0410. The van der Waals surface area contributed by atoms with Crippen molar-refractivity contribution in [2.45, 2.75) is 26.8 Å². The fourth-order valence-electron chi connectivity index (χ4n) is 2.78. The Morgan fingerprint density at radius 2 is 2.11 bits per heavy atom. The van der Waals surface area contributed by atoms with Crippen molar-refractivity contribution in [2.75, 3.05) is 13.2 Å². The first-order valence-corrected chi connectivity index (χ1v) is 8.85. The lowest BCUT2D eigenvalue weighted by Crippen LogP contribution is -2.24. The lowest BCUT2D eigenvalue weighted by Gasteiger charge is -2.11. The smallest absolute Gasteiger partial charge is 0.255 e. The number of H-pyrrole nitrogens is 1. The normalized spacial score (nSPS) is 11.0. The van der Waals surface area contributed by atoms with E-state index in [1.54, 1.807) is 0 Å². The summed E-state index contributed by atoms with van der Waals surface area (Å²) in [6.07, 6.45) is 0.649. The second kappa shape index (κ2) is 8.18. The van der Waals surface area contributed by atoms with Crippen molar-refractivity contribution in [1.29, 1.82) is 0 Å². The summed E-state index contributed by atoms with van der Waals surface area (Å²) in [5, 5.41) is 2.76. The van der Waals surface area contributed by atoms with Crippen molar-refractivity contribution in [1.82, 2.24) is 15.3 Å². The van der Waals surface area contributed by atoms with Gasteiger partial charge < -0.3 is 20.8 Å². The number of aromatic nitrogens is 2. The summed E-state index contributed by atoms with van der Waals surface area (Å²) in [4.78, 5) is 20.3. The van der Waals surface area contributed by atoms with Crippen molar-refractivity contribution in [3.63, 3.8) is 0 Å². The number of imidazole rings is 1. The van der Waals surface area contributed by atoms with Gasteiger partial charge in [-0.15, -0.1) is 0 Å². The maximum atomic E-state index is 13.6. The van der Waals surface area contributed by atoms with Crippen LogP contribution < -0.4 is 15.8 Å². The number of nitrogens with zero attached hydrogens (tertiary/aromatic N) is 1. The van der Waals surface area contributed by atoms with E-state index in [4.69, 9.17) is 10.5 Å². The van der Waals surface area contributed by atoms with E-state index >= 15 is 0 Å². The molecule has 0 atom stereocenters. The SMILES string of the molecule is Cc1ccc2[nH]c(CNC(=O)c3cc(F)ccc3OCCCN)nc2c1C. The minimum Gasteiger partial charge on any atom is -0.493 e. The molecule has 0 radical (unpaired) electrons. The number of nitrogens with one attached hydrogen (secondary N) is 2. The van der Waals surface area contributed by atoms with Crippen molar-refractivity contribution in [3.8, 4) is 5.75 Å². The molecule has 0 bridgehead atoms. The highest BCUT2D eigenvalue weighted by molar-refractivity contribution is 5.96. The van der Waals surface area contributed by atoms with Gasteiger partial charge in [0, 0.05) is 0 Å². The molecule has 0 saturated carbocycles. The molecule has 0 aliphatic rings. The van der Waals surface area contributed by atoms with E-state index in [-0.39, 0.29) is 12.1 Å². The van der Waals surface area contributed by atoms with Crippen LogP contribution in [0.5, 0.6) is 5.75 Å². The average molecular weight is 370 g/mol. The highest BCUT2D eigenvalue weighted by atomic mass is 19.1. The van der Waals surface area contributed by atoms with Gasteiger partial charge in [-0.05, 0) is 62.2 Å². The molecule has 0 saturated heterocycles. The van der Waals surface area contributed by atoms with Crippen LogP contribution in [0.25, 0.3) is 11.0 Å². The topological polar surface area (TPSA) is 93.0 Å². The van der Waals surface area contributed by atoms with E-state index < -0.39 is 11.7 Å². The zero-order valence-electron chi connectivity index (χ0n) is 15.4. The minimum atomic E-state index is -0.499. The summed E-state index contributed by atoms with van der Waals surface area (Å²) >= 11 is 0. The molecule has 7 heteroatoms. The van der Waals surface area contributed by atoms with Gasteiger partial charge >= 0.3 is 0 Å². The van der Waals surface area contributed by atoms with Crippen LogP contribution in [0.4, 0.5) is 4.39 Å². The Bertz CT molecular complexity index is 968. The maximum absolute atomic E-state index is 13.6. The molecule has 0 unspecified atom stereocenters. The third-order valence-corrected chi connectivity index (χ3v) is 4.44. The molecule has 27 heavy (non-hydrogen) atoms. The zero-order chi connectivity index (χ0) is 19.4. The number of ether oxygens (including phenoxy) is 1. The summed E-state index contributed by atoms with van der Waals surface area (Å²) < 4.78 is 19.2. The molecule has 142 valence electrons. The molecule has 1 heterocycles. The molecule has 4 N–H and O–H groups in total. The third kappa shape index (κ3) is 4.25. The summed E-state index contributed by atoms with van der Waals surface area (Å²) in [6.45, 7) is 5.09. The van der Waals surface area contributed by atoms with Crippen LogP contribution in [0.2, 0.25) is 0 Å². The van der Waals surface area contributed by atoms with E-state index in [2.05, 4.69) is 15.3 Å². The Hall–Kier alpha value is -2.93. The number of hydrogen-bond donors (Lipinski definition) is 3. The Labute approximate surface area is 156 Å². The predicted molar refractivity (Wildman–Crippen MR) is 102 cm³/mol. The van der Waals surface area contributed by atoms with E-state index in [1.165, 1.54) is 18.2 Å². The number of hydrogen-bond acceptors (Lipinski definition) is 4. The van der Waals surface area contributed by atoms with Gasteiger partial charge in [0.15, 0.2) is 0 Å². The lowest BCUT2D eigenvalue weighted by atomic mass is 10.1. The molecular formula is C20H23FN4O2. The number of rotatable bonds is 7. The third-order valence-electron chi connectivity index (χ3n) is 4.44. The fourth-order valence-corrected chi connectivity index (χ4v) is 2.78. The number of aryl methyl sites for hydroxylation is 2. The Morgan fingerprint density at radius 3 is 2.89 bits per heavy atom. The summed E-state index contributed by atoms with van der Waals surface area (Å²) in [5.41, 5.74) is 9.65. The van der Waals surface area contributed by atoms with Gasteiger partial charge in [-0.25, -0.2) is 9.37 Å². The van der Waals surface area contributed by atoms with Gasteiger partial charge in [-0.1, -0.05) is 6.07 Å². The van der Waals surface area contributed by atoms with Crippen LogP contribution in [0, 0.1) is 19.7 Å². The van der Waals surface area contributed by atoms with Crippen LogP contribution in [0.15, 0.2) is 30.3 Å². The van der Waals surface area contributed by atoms with Crippen LogP contribution in [0.3, 0.4) is 0 Å². The van der Waals surface area contributed by atoms with Gasteiger partial charge in [0.25, 0.3) is 5.91 Å². The van der Waals surface area contributed by atoms with Gasteiger partial charge in [0.05, 0.1) is 29.7 Å². The number of amides is 1. The molecule has 0 spiro atoms. The molecule has 3 rings (SSSR count). The van der Waals surface area contributed by atoms with Crippen molar-refractivity contribution in [3.05, 3.63) is 58.7 Å². The van der Waals surface area contributed by atoms with E-state index in [1.807, 2.05) is 26.0 Å². The van der Waals surface area contributed by atoms with Gasteiger partial charge in [-0.2, -0.15) is 0 Å². The first-order chi connectivity index (χ1) is 13.0. The van der Waals surface area contributed by atoms with E-state index in [0.717, 1.165) is 22.2 Å². The highest BCUT2D eigenvalue weighted by Gasteiger charge is 2.15. The highest BCUT2D eigenvalue weighted by Crippen LogP contribution is 2.21. The average Bonchev–Trinajstić information content (AvgIpc) is 3.08. The largest absolute Gasteiger partial charge is 0.493 e. The first-order valence-electron chi connectivity index (χ1n) is 8.85. The molecule has 0 fully saturated rings. The molecule has 0 aliphatic heterocycles. The Morgan fingerprint density at radius 1 is 1.30 bits per heavy atom. The van der Waals surface area contributed by atoms with Crippen LogP contribution >= 0.6 is 0 Å². The number of fused-ring (bicyclic) bond motifs is 1. The van der Waals surface area contributed by atoms with Crippen molar-refractivity contribution < 1.29 is 13.9 Å². The number of aromatic amines is 1. The van der Waals surface area contributed by atoms with Gasteiger partial charge in [-0.3, -0.25) is 4.79 Å². The zero-order valence-corrected chi connectivity index (χ0v) is 15.4. The standard InChI is InChI=1S/C20H23FN4O2/c1-12-4-6-16-19(13(12)2)25-18(24-16)11-23-20(26)15-10-14(21)5-7-17(15)27-9-3-8-22/h4-7,10H,3,8-9,11,22H2,1-2H3,(H,23,26)(H,24,25). The van der Waals surface area contributed by atoms with E-state index in [9.17, 15) is 9.18 Å². The number of nitrogens with two attached hydrogens (primary N) is 1. The Kier molecular flexibility index (Phi) is 5.71. The quantitative estimate of drug-likeness (QED) is 0.558. The van der Waals surface area contributed by atoms with Gasteiger partial charge in [0.2, 0.25) is 0 Å². The number of halogens is 1. The molecule has 0 aliphatic carbocycles. The van der Waals surface area contributed by atoms with Crippen molar-refractivity contribution >= 4 is 16.9 Å². The van der Waals surface area contributed by atoms with Gasteiger partial charge in [0.1, 0.15) is 17.4 Å². The Balaban J connectivity index is 1.74. The van der Waals surface area contributed by atoms with E-state index in [0.29, 0.717) is 31.1 Å². The molecule has 2 aromatic carbocycles. The fraction of sp³-hybridized carbons (Fsp3) is 0.300. The molecular weight excluding hydrogens is 347 g/mol. The lowest BCUT2D eigenvalue weighted by molar-refractivity contribution is 0.0945. The molecule has 1 aromatic heterocycles. The molecule has 1 amide bonds. The van der Waals surface area contributed by atoms with Crippen LogP contribution in [-0.4, -0.2) is 29.0 Å².